The molecule has 0 aliphatic carbocycles. The van der Waals surface area contributed by atoms with E-state index in [2.05, 4.69) is 15.5 Å². The highest BCUT2D eigenvalue weighted by atomic mass is 32.1. The van der Waals surface area contributed by atoms with Crippen LogP contribution in [-0.4, -0.2) is 15.3 Å². The molecule has 2 rings (SSSR count). The van der Waals surface area contributed by atoms with Gasteiger partial charge in [-0.05, 0) is 11.4 Å². The quantitative estimate of drug-likeness (QED) is 0.520. The average Bonchev–Trinajstić information content (AvgIpc) is 2.95. The van der Waals surface area contributed by atoms with E-state index in [0.717, 1.165) is 14.0 Å². The van der Waals surface area contributed by atoms with Crippen molar-refractivity contribution in [2.45, 2.75) is 0 Å². The van der Waals surface area contributed by atoms with E-state index in [9.17, 15) is 9.59 Å². The third kappa shape index (κ3) is 2.36. The van der Waals surface area contributed by atoms with Crippen molar-refractivity contribution in [1.29, 1.82) is 5.39 Å². The minimum absolute atomic E-state index is 0.0217. The predicted octanol–water partition coefficient (Wildman–Crippen LogP) is 1.08. The van der Waals surface area contributed by atoms with Crippen LogP contribution in [0.15, 0.2) is 32.2 Å². The molecule has 20 heavy (non-hydrogen) atoms. The Hall–Kier alpha value is -2.73. The van der Waals surface area contributed by atoms with Crippen LogP contribution in [0.25, 0.3) is 4.98 Å². The van der Waals surface area contributed by atoms with Crippen LogP contribution in [0.4, 0.5) is 11.5 Å². The molecular weight excluding hydrogens is 280 g/mol. The first-order valence-corrected chi connectivity index (χ1v) is 6.42. The summed E-state index contributed by atoms with van der Waals surface area (Å²) in [5, 5.41) is 14.7. The number of nitrogens with one attached hydrogen (secondary N) is 1. The molecule has 0 saturated carbocycles. The van der Waals surface area contributed by atoms with Crippen molar-refractivity contribution in [2.24, 2.45) is 19.2 Å². The number of thiophene rings is 1. The van der Waals surface area contributed by atoms with Crippen LogP contribution >= 0.6 is 11.3 Å². The van der Waals surface area contributed by atoms with Crippen molar-refractivity contribution in [3.05, 3.63) is 48.2 Å². The highest BCUT2D eigenvalue weighted by molar-refractivity contribution is 7.11. The maximum absolute atomic E-state index is 11.8. The number of hydrogen-bond acceptors (Lipinski definition) is 6. The summed E-state index contributed by atoms with van der Waals surface area (Å²) in [6.45, 7) is 0. The summed E-state index contributed by atoms with van der Waals surface area (Å²) >= 11 is 1.48. The Balaban J connectivity index is 2.45. The molecule has 0 spiro atoms. The molecule has 0 saturated heterocycles. The lowest BCUT2D eigenvalue weighted by atomic mass is 10.4. The highest BCUT2D eigenvalue weighted by Gasteiger charge is 2.26. The molecule has 0 fully saturated rings. The van der Waals surface area contributed by atoms with Crippen molar-refractivity contribution in [2.75, 3.05) is 5.43 Å². The summed E-state index contributed by atoms with van der Waals surface area (Å²) in [6, 6.07) is 3.73. The zero-order chi connectivity index (χ0) is 14.7. The summed E-state index contributed by atoms with van der Waals surface area (Å²) in [5.41, 5.74) is 1.02. The zero-order valence-corrected chi connectivity index (χ0v) is 11.6. The van der Waals surface area contributed by atoms with Gasteiger partial charge in [-0.25, -0.2) is 4.79 Å². The van der Waals surface area contributed by atoms with Gasteiger partial charge in [-0.3, -0.25) is 19.4 Å². The molecule has 0 atom stereocenters. The van der Waals surface area contributed by atoms with E-state index in [-0.39, 0.29) is 11.5 Å². The van der Waals surface area contributed by atoms with Crippen LogP contribution in [-0.2, 0) is 14.1 Å². The van der Waals surface area contributed by atoms with Crippen molar-refractivity contribution < 1.29 is 0 Å². The molecule has 2 aromatic heterocycles. The van der Waals surface area contributed by atoms with Gasteiger partial charge >= 0.3 is 16.9 Å². The van der Waals surface area contributed by atoms with Gasteiger partial charge in [-0.15, -0.1) is 11.3 Å². The topological polar surface area (TPSA) is 96.5 Å². The van der Waals surface area contributed by atoms with Gasteiger partial charge in [0.1, 0.15) is 0 Å². The fourth-order valence-corrected chi connectivity index (χ4v) is 2.15. The van der Waals surface area contributed by atoms with E-state index in [1.54, 1.807) is 0 Å². The Morgan fingerprint density at radius 1 is 1.40 bits per heavy atom. The Morgan fingerprint density at radius 3 is 2.75 bits per heavy atom. The van der Waals surface area contributed by atoms with Gasteiger partial charge in [0.05, 0.1) is 6.21 Å². The monoisotopic (exact) mass is 291 g/mol. The van der Waals surface area contributed by atoms with Crippen LogP contribution in [0, 0.1) is 5.39 Å². The molecule has 0 amide bonds. The Kier molecular flexibility index (Phi) is 3.76. The van der Waals surface area contributed by atoms with Crippen LogP contribution < -0.4 is 16.7 Å². The van der Waals surface area contributed by atoms with E-state index in [1.165, 1.54) is 31.6 Å². The summed E-state index contributed by atoms with van der Waals surface area (Å²) in [5.74, 6) is 0.0217. The van der Waals surface area contributed by atoms with Gasteiger partial charge in [-0.2, -0.15) is 5.10 Å². The van der Waals surface area contributed by atoms with Gasteiger partial charge in [-0.1, -0.05) is 6.07 Å². The smallest absolute Gasteiger partial charge is 0.275 e. The second-order valence-corrected chi connectivity index (χ2v) is 4.87. The fourth-order valence-electron chi connectivity index (χ4n) is 1.57. The lowest BCUT2D eigenvalue weighted by molar-refractivity contribution is 0.694. The Morgan fingerprint density at radius 2 is 2.15 bits per heavy atom. The van der Waals surface area contributed by atoms with Crippen molar-refractivity contribution >= 4 is 29.1 Å². The van der Waals surface area contributed by atoms with E-state index in [4.69, 9.17) is 5.39 Å². The van der Waals surface area contributed by atoms with Crippen molar-refractivity contribution in [3.63, 3.8) is 0 Å². The molecular formula is C11H11N6O2S+. The second kappa shape index (κ2) is 5.50. The fraction of sp³-hybridized carbons (Fsp3) is 0.182. The minimum Gasteiger partial charge on any atom is -0.275 e. The summed E-state index contributed by atoms with van der Waals surface area (Å²) < 4.78 is 1.99. The molecule has 0 unspecified atom stereocenters. The van der Waals surface area contributed by atoms with Gasteiger partial charge in [0, 0.05) is 19.0 Å². The first kappa shape index (κ1) is 13.7. The lowest BCUT2D eigenvalue weighted by Crippen LogP contribution is -2.37. The van der Waals surface area contributed by atoms with Crippen molar-refractivity contribution in [3.8, 4) is 0 Å². The number of aromatic nitrogens is 2. The first-order chi connectivity index (χ1) is 9.56. The summed E-state index contributed by atoms with van der Waals surface area (Å²) in [7, 11) is 2.75. The number of hydrazone groups is 1. The Bertz CT molecular complexity index is 809. The van der Waals surface area contributed by atoms with E-state index >= 15 is 0 Å². The molecule has 2 heterocycles. The number of hydrogen-bond donors (Lipinski definition) is 1. The van der Waals surface area contributed by atoms with Crippen LogP contribution in [0.5, 0.6) is 0 Å². The average molecular weight is 291 g/mol. The SMILES string of the molecule is Cn1c(NN=Cc2cccs2)c([N+]#N)c(=O)n(C)c1=O. The molecule has 0 aliphatic heterocycles. The number of rotatable bonds is 3. The number of diazo groups is 1. The lowest BCUT2D eigenvalue weighted by Gasteiger charge is -2.05. The predicted molar refractivity (Wildman–Crippen MR) is 77.2 cm³/mol. The van der Waals surface area contributed by atoms with Gasteiger partial charge in [0.2, 0.25) is 11.2 Å². The van der Waals surface area contributed by atoms with E-state index in [1.807, 2.05) is 17.5 Å². The highest BCUT2D eigenvalue weighted by Crippen LogP contribution is 2.17. The molecule has 102 valence electrons. The molecule has 0 aromatic carbocycles. The normalized spacial score (nSPS) is 10.7. The van der Waals surface area contributed by atoms with Gasteiger partial charge in [0.25, 0.3) is 0 Å². The summed E-state index contributed by atoms with van der Waals surface area (Å²) in [4.78, 5) is 27.4. The summed E-state index contributed by atoms with van der Waals surface area (Å²) in [6.07, 6.45) is 1.54. The number of anilines is 1. The molecule has 2 aromatic rings. The van der Waals surface area contributed by atoms with E-state index < -0.39 is 11.2 Å². The third-order valence-electron chi connectivity index (χ3n) is 2.65. The molecule has 0 radical (unpaired) electrons. The molecule has 0 aliphatic rings. The van der Waals surface area contributed by atoms with Crippen molar-refractivity contribution in [1.82, 2.24) is 9.13 Å². The molecule has 9 heteroatoms. The maximum Gasteiger partial charge on any atom is 0.491 e. The second-order valence-electron chi connectivity index (χ2n) is 3.89. The van der Waals surface area contributed by atoms with Gasteiger partial charge in [0.15, 0.2) is 4.98 Å². The third-order valence-corrected chi connectivity index (χ3v) is 3.45. The molecule has 0 bridgehead atoms. The molecule has 1 N–H and O–H groups in total. The molecule has 8 nitrogen and oxygen atoms in total. The number of nitrogens with zero attached hydrogens (tertiary/aromatic N) is 5. The zero-order valence-electron chi connectivity index (χ0n) is 10.8. The maximum atomic E-state index is 11.8. The van der Waals surface area contributed by atoms with Crippen LogP contribution in [0.3, 0.4) is 0 Å². The van der Waals surface area contributed by atoms with E-state index in [0.29, 0.717) is 0 Å². The van der Waals surface area contributed by atoms with Crippen LogP contribution in [0.2, 0.25) is 0 Å². The largest absolute Gasteiger partial charge is 0.491 e. The first-order valence-electron chi connectivity index (χ1n) is 5.54. The van der Waals surface area contributed by atoms with Gasteiger partial charge < -0.3 is 0 Å². The standard InChI is InChI=1S/C11H10N6O2S/c1-16-9(15-13-6-7-4-3-5-20-7)8(14-12)10(18)17(2)11(16)19/h3-6H,1-2H3/p+1. The minimum atomic E-state index is -0.704. The Labute approximate surface area is 117 Å². The van der Waals surface area contributed by atoms with Crippen LogP contribution in [0.1, 0.15) is 4.88 Å².